The highest BCUT2D eigenvalue weighted by Crippen LogP contribution is 2.18. The summed E-state index contributed by atoms with van der Waals surface area (Å²) in [4.78, 5) is 12.0. The summed E-state index contributed by atoms with van der Waals surface area (Å²) >= 11 is 0. The third kappa shape index (κ3) is 4.92. The van der Waals surface area contributed by atoms with Crippen molar-refractivity contribution in [1.82, 2.24) is 15.1 Å². The minimum atomic E-state index is -0.950. The van der Waals surface area contributed by atoms with E-state index in [0.29, 0.717) is 11.6 Å². The lowest BCUT2D eigenvalue weighted by Gasteiger charge is -2.12. The van der Waals surface area contributed by atoms with Gasteiger partial charge in [-0.2, -0.15) is 0 Å². The number of hydrogen-bond donors (Lipinski definition) is 2. The lowest BCUT2D eigenvalue weighted by atomic mass is 10.1. The van der Waals surface area contributed by atoms with Crippen molar-refractivity contribution in [3.63, 3.8) is 0 Å². The number of rotatable bonds is 5. The molecule has 0 saturated heterocycles. The van der Waals surface area contributed by atoms with E-state index >= 15 is 0 Å². The van der Waals surface area contributed by atoms with Gasteiger partial charge in [0.2, 0.25) is 0 Å². The van der Waals surface area contributed by atoms with Crippen molar-refractivity contribution in [2.75, 3.05) is 17.3 Å². The smallest absolute Gasteiger partial charge is 0.320 e. The molecule has 0 aliphatic rings. The number of benzene rings is 1. The van der Waals surface area contributed by atoms with E-state index < -0.39 is 10.8 Å². The van der Waals surface area contributed by atoms with Gasteiger partial charge in [0.1, 0.15) is 0 Å². The van der Waals surface area contributed by atoms with Crippen LogP contribution >= 0.6 is 0 Å². The van der Waals surface area contributed by atoms with E-state index in [1.807, 2.05) is 33.8 Å². The van der Waals surface area contributed by atoms with Crippen molar-refractivity contribution in [3.05, 3.63) is 41.1 Å². The molecule has 0 aliphatic carbocycles. The molecule has 2 amide bonds. The summed E-state index contributed by atoms with van der Waals surface area (Å²) in [6.07, 6.45) is 1.62. The zero-order chi connectivity index (χ0) is 17.9. The number of anilines is 1. The first-order valence-electron chi connectivity index (χ1n) is 7.77. The number of amides is 2. The van der Waals surface area contributed by atoms with Crippen LogP contribution < -0.4 is 10.6 Å². The molecule has 0 saturated carbocycles. The van der Waals surface area contributed by atoms with Gasteiger partial charge in [0.25, 0.3) is 0 Å². The highest BCUT2D eigenvalue weighted by Gasteiger charge is 2.12. The average molecular weight is 348 g/mol. The van der Waals surface area contributed by atoms with Gasteiger partial charge in [-0.3, -0.25) is 9.53 Å². The number of nitrogens with one attached hydrogen (secondary N) is 2. The van der Waals surface area contributed by atoms with Crippen LogP contribution in [-0.2, 0) is 10.8 Å². The van der Waals surface area contributed by atoms with Gasteiger partial charge in [0.15, 0.2) is 5.82 Å². The molecule has 0 bridgehead atoms. The monoisotopic (exact) mass is 348 g/mol. The second-order valence-electron chi connectivity index (χ2n) is 6.17. The summed E-state index contributed by atoms with van der Waals surface area (Å²) in [6.45, 7) is 7.85. The van der Waals surface area contributed by atoms with Crippen LogP contribution in [0.3, 0.4) is 0 Å². The van der Waals surface area contributed by atoms with Crippen molar-refractivity contribution in [2.45, 2.75) is 33.7 Å². The summed E-state index contributed by atoms with van der Waals surface area (Å²) in [5, 5.41) is 9.93. The molecule has 0 spiro atoms. The van der Waals surface area contributed by atoms with Gasteiger partial charge < -0.3 is 5.32 Å². The Hall–Kier alpha value is -2.15. The van der Waals surface area contributed by atoms with E-state index in [-0.39, 0.29) is 12.1 Å². The van der Waals surface area contributed by atoms with Crippen LogP contribution in [0, 0.1) is 20.8 Å². The number of carbonyl (C=O) groups excluding carboxylic acids is 1. The molecule has 130 valence electrons. The highest BCUT2D eigenvalue weighted by molar-refractivity contribution is 7.84. The molecule has 6 nitrogen and oxygen atoms in total. The fraction of sp³-hybridized carbons (Fsp3) is 0.412. The van der Waals surface area contributed by atoms with Crippen LogP contribution in [0.2, 0.25) is 0 Å². The van der Waals surface area contributed by atoms with E-state index in [9.17, 15) is 9.00 Å². The molecule has 0 unspecified atom stereocenters. The number of urea groups is 1. The Morgan fingerprint density at radius 3 is 2.42 bits per heavy atom. The second kappa shape index (κ2) is 7.61. The van der Waals surface area contributed by atoms with Gasteiger partial charge in [-0.15, -0.1) is 5.10 Å². The van der Waals surface area contributed by atoms with E-state index in [4.69, 9.17) is 0 Å². The molecular formula is C17H24N4O2S. The van der Waals surface area contributed by atoms with Crippen molar-refractivity contribution in [1.29, 1.82) is 0 Å². The lowest BCUT2D eigenvalue weighted by Crippen LogP contribution is -2.39. The van der Waals surface area contributed by atoms with Gasteiger partial charge in [0.05, 0.1) is 5.69 Å². The number of nitrogens with zero attached hydrogens (tertiary/aromatic N) is 2. The Kier molecular flexibility index (Phi) is 5.77. The van der Waals surface area contributed by atoms with Crippen LogP contribution in [0.4, 0.5) is 10.6 Å². The van der Waals surface area contributed by atoms with Gasteiger partial charge in [0, 0.05) is 40.6 Å². The van der Waals surface area contributed by atoms with Crippen molar-refractivity contribution in [2.24, 2.45) is 0 Å². The number of carbonyl (C=O) groups is 1. The molecular weight excluding hydrogens is 324 g/mol. The Morgan fingerprint density at radius 2 is 1.83 bits per heavy atom. The first kappa shape index (κ1) is 18.2. The molecule has 1 heterocycles. The standard InChI is InChI=1S/C17H24N4O2S/c1-11-6-12(2)8-15(7-11)21-14(4)9-16(20-21)19-17(22)18-13(3)10-24(5)23/h6-9,13H,10H2,1-5H3,(H2,18,19,20,22)/t13-,24-/m0/s1. The van der Waals surface area contributed by atoms with Gasteiger partial charge in [-0.1, -0.05) is 6.07 Å². The van der Waals surface area contributed by atoms with Crippen LogP contribution in [0.5, 0.6) is 0 Å². The molecule has 24 heavy (non-hydrogen) atoms. The molecule has 2 aromatic rings. The zero-order valence-corrected chi connectivity index (χ0v) is 15.5. The van der Waals surface area contributed by atoms with Crippen LogP contribution in [-0.4, -0.2) is 38.1 Å². The number of hydrogen-bond acceptors (Lipinski definition) is 3. The summed E-state index contributed by atoms with van der Waals surface area (Å²) < 4.78 is 13.0. The summed E-state index contributed by atoms with van der Waals surface area (Å²) in [5.74, 6) is 0.901. The molecule has 1 aromatic carbocycles. The summed E-state index contributed by atoms with van der Waals surface area (Å²) in [7, 11) is -0.950. The quantitative estimate of drug-likeness (QED) is 0.872. The SMILES string of the molecule is Cc1cc(C)cc(-n2nc(NC(=O)N[C@@H](C)C[S@](C)=O)cc2C)c1. The van der Waals surface area contributed by atoms with Crippen LogP contribution in [0.1, 0.15) is 23.7 Å². The second-order valence-corrected chi connectivity index (χ2v) is 7.65. The van der Waals surface area contributed by atoms with Crippen molar-refractivity contribution in [3.8, 4) is 5.69 Å². The van der Waals surface area contributed by atoms with Crippen molar-refractivity contribution >= 4 is 22.6 Å². The maximum Gasteiger partial charge on any atom is 0.320 e. The minimum absolute atomic E-state index is 0.168. The Balaban J connectivity index is 2.11. The van der Waals surface area contributed by atoms with E-state index in [1.165, 1.54) is 0 Å². The third-order valence-electron chi connectivity index (χ3n) is 3.44. The van der Waals surface area contributed by atoms with Crippen LogP contribution in [0.25, 0.3) is 5.69 Å². The fourth-order valence-electron chi connectivity index (χ4n) is 2.64. The van der Waals surface area contributed by atoms with Gasteiger partial charge >= 0.3 is 6.03 Å². The predicted molar refractivity (Wildman–Crippen MR) is 98.3 cm³/mol. The summed E-state index contributed by atoms with van der Waals surface area (Å²) in [6, 6.07) is 7.51. The molecule has 0 fully saturated rings. The van der Waals surface area contributed by atoms with E-state index in [2.05, 4.69) is 33.9 Å². The number of aromatic nitrogens is 2. The van der Waals surface area contributed by atoms with Gasteiger partial charge in [-0.05, 0) is 51.0 Å². The molecule has 2 N–H and O–H groups in total. The highest BCUT2D eigenvalue weighted by atomic mass is 32.2. The largest absolute Gasteiger partial charge is 0.334 e. The Labute approximate surface area is 145 Å². The van der Waals surface area contributed by atoms with E-state index in [1.54, 1.807) is 10.9 Å². The third-order valence-corrected chi connectivity index (χ3v) is 4.41. The van der Waals surface area contributed by atoms with E-state index in [0.717, 1.165) is 22.5 Å². The Bertz CT molecular complexity index is 750. The lowest BCUT2D eigenvalue weighted by molar-refractivity contribution is 0.250. The molecule has 0 radical (unpaired) electrons. The zero-order valence-electron chi connectivity index (χ0n) is 14.7. The maximum absolute atomic E-state index is 12.0. The van der Waals surface area contributed by atoms with Crippen molar-refractivity contribution < 1.29 is 9.00 Å². The molecule has 2 rings (SSSR count). The maximum atomic E-state index is 12.0. The summed E-state index contributed by atoms with van der Waals surface area (Å²) in [5.41, 5.74) is 4.22. The first-order chi connectivity index (χ1) is 11.2. The fourth-order valence-corrected chi connectivity index (χ4v) is 3.43. The first-order valence-corrected chi connectivity index (χ1v) is 9.50. The molecule has 2 atom stereocenters. The predicted octanol–water partition coefficient (Wildman–Crippen LogP) is 2.69. The van der Waals surface area contributed by atoms with Crippen LogP contribution in [0.15, 0.2) is 24.3 Å². The molecule has 0 aliphatic heterocycles. The molecule has 1 aromatic heterocycles. The van der Waals surface area contributed by atoms with Gasteiger partial charge in [-0.25, -0.2) is 9.48 Å². The minimum Gasteiger partial charge on any atom is -0.334 e. The average Bonchev–Trinajstić information content (AvgIpc) is 2.76. The topological polar surface area (TPSA) is 76.0 Å². The normalized spacial score (nSPS) is 13.4. The molecule has 7 heteroatoms. The Morgan fingerprint density at radius 1 is 1.21 bits per heavy atom. The number of aryl methyl sites for hydroxylation is 3.